The molecule has 1 heterocycles. The molecule has 24 heavy (non-hydrogen) atoms. The van der Waals surface area contributed by atoms with Gasteiger partial charge in [-0.25, -0.2) is 8.42 Å². The Labute approximate surface area is 143 Å². The molecule has 0 aromatic heterocycles. The number of nitrogens with zero attached hydrogens (tertiary/aromatic N) is 1. The minimum atomic E-state index is -3.65. The molecule has 1 atom stereocenters. The topological polar surface area (TPSA) is 87.7 Å². The number of amides is 1. The molecule has 0 bridgehead atoms. The average molecular weight is 355 g/mol. The van der Waals surface area contributed by atoms with Crippen LogP contribution in [0.1, 0.15) is 25.3 Å². The van der Waals surface area contributed by atoms with Crippen molar-refractivity contribution in [3.63, 3.8) is 0 Å². The third-order valence-corrected chi connectivity index (χ3v) is 6.07. The maximum Gasteiger partial charge on any atom is 0.246 e. The van der Waals surface area contributed by atoms with E-state index in [9.17, 15) is 13.2 Å². The fraction of sp³-hybridized carbons (Fsp3) is 0.562. The van der Waals surface area contributed by atoms with Crippen molar-refractivity contribution < 1.29 is 17.9 Å². The SMILES string of the molecule is CNC1CCCN(S(=O)(=O)c2cc(CNC(C)=O)ccc2OC)C1. The van der Waals surface area contributed by atoms with Crippen LogP contribution < -0.4 is 15.4 Å². The molecule has 8 heteroatoms. The number of carbonyl (C=O) groups is 1. The van der Waals surface area contributed by atoms with Crippen molar-refractivity contribution in [1.82, 2.24) is 14.9 Å². The number of hydrogen-bond acceptors (Lipinski definition) is 5. The van der Waals surface area contributed by atoms with Crippen molar-refractivity contribution in [3.8, 4) is 5.75 Å². The quantitative estimate of drug-likeness (QED) is 0.784. The van der Waals surface area contributed by atoms with Gasteiger partial charge in [0.05, 0.1) is 7.11 Å². The number of sulfonamides is 1. The molecular weight excluding hydrogens is 330 g/mol. The number of rotatable bonds is 6. The van der Waals surface area contributed by atoms with Gasteiger partial charge in [0.1, 0.15) is 10.6 Å². The van der Waals surface area contributed by atoms with Crippen LogP contribution in [-0.4, -0.2) is 51.9 Å². The summed E-state index contributed by atoms with van der Waals surface area (Å²) in [4.78, 5) is 11.2. The molecule has 1 saturated heterocycles. The zero-order valence-corrected chi connectivity index (χ0v) is 15.1. The zero-order chi connectivity index (χ0) is 17.7. The summed E-state index contributed by atoms with van der Waals surface area (Å²) in [6, 6.07) is 5.11. The van der Waals surface area contributed by atoms with Gasteiger partial charge in [-0.2, -0.15) is 4.31 Å². The Bertz CT molecular complexity index is 691. The Morgan fingerprint density at radius 1 is 1.42 bits per heavy atom. The maximum atomic E-state index is 13.0. The molecule has 1 fully saturated rings. The van der Waals surface area contributed by atoms with Gasteiger partial charge in [0, 0.05) is 32.6 Å². The van der Waals surface area contributed by atoms with E-state index >= 15 is 0 Å². The molecule has 1 amide bonds. The lowest BCUT2D eigenvalue weighted by Gasteiger charge is -2.32. The number of carbonyl (C=O) groups excluding carboxylic acids is 1. The summed E-state index contributed by atoms with van der Waals surface area (Å²) in [5.74, 6) is 0.149. The van der Waals surface area contributed by atoms with Crippen LogP contribution in [0.3, 0.4) is 0 Å². The number of hydrogen-bond donors (Lipinski definition) is 2. The van der Waals surface area contributed by atoms with Gasteiger partial charge in [-0.1, -0.05) is 6.07 Å². The second kappa shape index (κ2) is 7.96. The molecule has 7 nitrogen and oxygen atoms in total. The lowest BCUT2D eigenvalue weighted by atomic mass is 10.1. The summed E-state index contributed by atoms with van der Waals surface area (Å²) in [5, 5.41) is 5.82. The molecule has 1 aromatic rings. The summed E-state index contributed by atoms with van der Waals surface area (Å²) in [5.41, 5.74) is 0.715. The van der Waals surface area contributed by atoms with Crippen molar-refractivity contribution in [2.45, 2.75) is 37.2 Å². The average Bonchev–Trinajstić information content (AvgIpc) is 2.59. The fourth-order valence-electron chi connectivity index (χ4n) is 2.79. The van der Waals surface area contributed by atoms with Gasteiger partial charge in [-0.3, -0.25) is 4.79 Å². The maximum absolute atomic E-state index is 13.0. The van der Waals surface area contributed by atoms with Crippen LogP contribution in [0.15, 0.2) is 23.1 Å². The van der Waals surface area contributed by atoms with Gasteiger partial charge < -0.3 is 15.4 Å². The normalized spacial score (nSPS) is 19.0. The molecule has 1 aliphatic heterocycles. The molecule has 0 radical (unpaired) electrons. The van der Waals surface area contributed by atoms with Crippen molar-refractivity contribution in [1.29, 1.82) is 0 Å². The highest BCUT2D eigenvalue weighted by molar-refractivity contribution is 7.89. The van der Waals surface area contributed by atoms with Crippen molar-refractivity contribution >= 4 is 15.9 Å². The summed E-state index contributed by atoms with van der Waals surface area (Å²) >= 11 is 0. The Morgan fingerprint density at radius 2 is 2.17 bits per heavy atom. The lowest BCUT2D eigenvalue weighted by molar-refractivity contribution is -0.119. The Balaban J connectivity index is 2.33. The minimum Gasteiger partial charge on any atom is -0.495 e. The van der Waals surface area contributed by atoms with Crippen molar-refractivity contribution in [2.75, 3.05) is 27.2 Å². The zero-order valence-electron chi connectivity index (χ0n) is 14.3. The van der Waals surface area contributed by atoms with Crippen LogP contribution in [0.4, 0.5) is 0 Å². The first-order valence-electron chi connectivity index (χ1n) is 7.97. The van der Waals surface area contributed by atoms with E-state index in [0.717, 1.165) is 12.8 Å². The van der Waals surface area contributed by atoms with Crippen LogP contribution in [0.2, 0.25) is 0 Å². The number of methoxy groups -OCH3 is 1. The molecule has 0 aliphatic carbocycles. The number of likely N-dealkylation sites (N-methyl/N-ethyl adjacent to an activating group) is 1. The second-order valence-corrected chi connectivity index (χ2v) is 7.79. The van der Waals surface area contributed by atoms with E-state index in [1.807, 2.05) is 7.05 Å². The van der Waals surface area contributed by atoms with E-state index in [2.05, 4.69) is 10.6 Å². The number of piperidine rings is 1. The summed E-state index contributed by atoms with van der Waals surface area (Å²) in [6.45, 7) is 2.64. The minimum absolute atomic E-state index is 0.143. The predicted octanol–water partition coefficient (Wildman–Crippen LogP) is 0.704. The van der Waals surface area contributed by atoms with Gasteiger partial charge in [0.25, 0.3) is 0 Å². The van der Waals surface area contributed by atoms with Crippen LogP contribution in [0.25, 0.3) is 0 Å². The molecule has 134 valence electrons. The molecule has 0 spiro atoms. The van der Waals surface area contributed by atoms with Crippen LogP contribution >= 0.6 is 0 Å². The monoisotopic (exact) mass is 355 g/mol. The van der Waals surface area contributed by atoms with Crippen LogP contribution in [-0.2, 0) is 21.4 Å². The largest absolute Gasteiger partial charge is 0.495 e. The number of nitrogens with one attached hydrogen (secondary N) is 2. The number of benzene rings is 1. The van der Waals surface area contributed by atoms with Crippen molar-refractivity contribution in [2.24, 2.45) is 0 Å². The number of ether oxygens (including phenoxy) is 1. The van der Waals surface area contributed by atoms with Crippen LogP contribution in [0.5, 0.6) is 5.75 Å². The van der Waals surface area contributed by atoms with Gasteiger partial charge in [0.15, 0.2) is 0 Å². The van der Waals surface area contributed by atoms with Crippen LogP contribution in [0, 0.1) is 0 Å². The molecular formula is C16H25N3O4S. The van der Waals surface area contributed by atoms with E-state index < -0.39 is 10.0 Å². The van der Waals surface area contributed by atoms with E-state index in [-0.39, 0.29) is 23.4 Å². The highest BCUT2D eigenvalue weighted by Crippen LogP contribution is 2.29. The van der Waals surface area contributed by atoms with Gasteiger partial charge in [-0.15, -0.1) is 0 Å². The molecule has 2 rings (SSSR count). The van der Waals surface area contributed by atoms with E-state index in [1.54, 1.807) is 18.2 Å². The molecule has 1 aromatic carbocycles. The second-order valence-electron chi connectivity index (χ2n) is 5.89. The fourth-order valence-corrected chi connectivity index (χ4v) is 4.52. The highest BCUT2D eigenvalue weighted by Gasteiger charge is 2.32. The first-order valence-corrected chi connectivity index (χ1v) is 9.41. The van der Waals surface area contributed by atoms with E-state index in [0.29, 0.717) is 24.4 Å². The van der Waals surface area contributed by atoms with E-state index in [4.69, 9.17) is 4.74 Å². The first-order chi connectivity index (χ1) is 11.4. The highest BCUT2D eigenvalue weighted by atomic mass is 32.2. The Hall–Kier alpha value is -1.64. The lowest BCUT2D eigenvalue weighted by Crippen LogP contribution is -2.46. The Kier molecular flexibility index (Phi) is 6.20. The first kappa shape index (κ1) is 18.7. The molecule has 0 saturated carbocycles. The summed E-state index contributed by atoms with van der Waals surface area (Å²) in [6.07, 6.45) is 1.78. The summed E-state index contributed by atoms with van der Waals surface area (Å²) in [7, 11) is -0.358. The third-order valence-electron chi connectivity index (χ3n) is 4.18. The van der Waals surface area contributed by atoms with E-state index in [1.165, 1.54) is 18.3 Å². The predicted molar refractivity (Wildman–Crippen MR) is 91.4 cm³/mol. The van der Waals surface area contributed by atoms with Gasteiger partial charge in [-0.05, 0) is 37.6 Å². The molecule has 1 aliphatic rings. The molecule has 1 unspecified atom stereocenters. The van der Waals surface area contributed by atoms with Crippen molar-refractivity contribution in [3.05, 3.63) is 23.8 Å². The Morgan fingerprint density at radius 3 is 2.79 bits per heavy atom. The smallest absolute Gasteiger partial charge is 0.246 e. The molecule has 2 N–H and O–H groups in total. The standard InChI is InChI=1S/C16H25N3O4S/c1-12(20)18-10-13-6-7-15(23-3)16(9-13)24(21,22)19-8-4-5-14(11-19)17-2/h6-7,9,14,17H,4-5,8,10-11H2,1-3H3,(H,18,20). The van der Waals surface area contributed by atoms with Gasteiger partial charge in [0.2, 0.25) is 15.9 Å². The summed E-state index contributed by atoms with van der Waals surface area (Å²) < 4.78 is 32.8. The third kappa shape index (κ3) is 4.25. The van der Waals surface area contributed by atoms with Gasteiger partial charge >= 0.3 is 0 Å².